The Morgan fingerprint density at radius 3 is 2.40 bits per heavy atom. The Bertz CT molecular complexity index is 443. The monoisotopic (exact) mass is 277 g/mol. The third-order valence-corrected chi connectivity index (χ3v) is 3.12. The Morgan fingerprint density at radius 2 is 1.85 bits per heavy atom. The van der Waals surface area contributed by atoms with Gasteiger partial charge in [0.25, 0.3) is 0 Å². The van der Waals surface area contributed by atoms with Crippen molar-refractivity contribution in [2.24, 2.45) is 5.73 Å². The number of rotatable bonds is 8. The minimum absolute atomic E-state index is 0.0207. The minimum atomic E-state index is -0.414. The number of ketones is 1. The van der Waals surface area contributed by atoms with Crippen molar-refractivity contribution in [3.05, 3.63) is 29.8 Å². The van der Waals surface area contributed by atoms with E-state index >= 15 is 0 Å². The predicted octanol–water partition coefficient (Wildman–Crippen LogP) is 1.01. The van der Waals surface area contributed by atoms with E-state index in [1.807, 2.05) is 12.1 Å². The highest BCUT2D eigenvalue weighted by atomic mass is 16.2. The molecule has 5 heteroatoms. The molecule has 1 aromatic carbocycles. The van der Waals surface area contributed by atoms with E-state index in [2.05, 4.69) is 5.32 Å². The standard InChI is InChI=1S/C15H23N3O2/c1-11(19)14(4-2-3-9-16)18-15(20)10-12-5-7-13(17)8-6-12/h5-8,14H,2-4,9-10,16-17H2,1H3,(H,18,20). The molecule has 1 unspecified atom stereocenters. The maximum atomic E-state index is 11.9. The largest absolute Gasteiger partial charge is 0.399 e. The van der Waals surface area contributed by atoms with Crippen LogP contribution in [0.15, 0.2) is 24.3 Å². The molecule has 0 radical (unpaired) electrons. The molecular formula is C15H23N3O2. The van der Waals surface area contributed by atoms with E-state index in [0.717, 1.165) is 18.4 Å². The van der Waals surface area contributed by atoms with Crippen LogP contribution in [0.25, 0.3) is 0 Å². The molecule has 0 fully saturated rings. The highest BCUT2D eigenvalue weighted by Crippen LogP contribution is 2.07. The van der Waals surface area contributed by atoms with Crippen LogP contribution in [0.2, 0.25) is 0 Å². The van der Waals surface area contributed by atoms with Gasteiger partial charge in [-0.15, -0.1) is 0 Å². The summed E-state index contributed by atoms with van der Waals surface area (Å²) in [6, 6.07) is 6.72. The van der Waals surface area contributed by atoms with E-state index in [-0.39, 0.29) is 18.1 Å². The molecule has 0 aliphatic rings. The summed E-state index contributed by atoms with van der Waals surface area (Å²) in [6.07, 6.45) is 2.58. The third-order valence-electron chi connectivity index (χ3n) is 3.12. The number of hydrogen-bond donors (Lipinski definition) is 3. The van der Waals surface area contributed by atoms with E-state index < -0.39 is 6.04 Å². The summed E-state index contributed by atoms with van der Waals surface area (Å²) in [4.78, 5) is 23.4. The summed E-state index contributed by atoms with van der Waals surface area (Å²) in [6.45, 7) is 2.10. The number of hydrogen-bond acceptors (Lipinski definition) is 4. The minimum Gasteiger partial charge on any atom is -0.399 e. The molecule has 5 N–H and O–H groups in total. The van der Waals surface area contributed by atoms with Gasteiger partial charge in [-0.2, -0.15) is 0 Å². The second kappa shape index (κ2) is 8.32. The van der Waals surface area contributed by atoms with Gasteiger partial charge in [0.15, 0.2) is 5.78 Å². The van der Waals surface area contributed by atoms with Crippen LogP contribution in [-0.4, -0.2) is 24.3 Å². The van der Waals surface area contributed by atoms with Gasteiger partial charge >= 0.3 is 0 Å². The van der Waals surface area contributed by atoms with Crippen LogP contribution in [0.1, 0.15) is 31.7 Å². The molecule has 1 amide bonds. The fourth-order valence-electron chi connectivity index (χ4n) is 1.94. The normalized spacial score (nSPS) is 11.9. The number of Topliss-reactive ketones (excluding diaryl/α,β-unsaturated/α-hetero) is 1. The molecule has 0 spiro atoms. The van der Waals surface area contributed by atoms with Crippen molar-refractivity contribution in [3.8, 4) is 0 Å². The van der Waals surface area contributed by atoms with E-state index in [0.29, 0.717) is 18.7 Å². The van der Waals surface area contributed by atoms with Gasteiger partial charge in [0, 0.05) is 5.69 Å². The van der Waals surface area contributed by atoms with Crippen molar-refractivity contribution >= 4 is 17.4 Å². The van der Waals surface area contributed by atoms with Crippen molar-refractivity contribution in [3.63, 3.8) is 0 Å². The van der Waals surface area contributed by atoms with Gasteiger partial charge in [-0.3, -0.25) is 9.59 Å². The summed E-state index contributed by atoms with van der Waals surface area (Å²) >= 11 is 0. The first-order chi connectivity index (χ1) is 9.52. The van der Waals surface area contributed by atoms with E-state index in [9.17, 15) is 9.59 Å². The zero-order valence-corrected chi connectivity index (χ0v) is 11.9. The second-order valence-corrected chi connectivity index (χ2v) is 4.93. The van der Waals surface area contributed by atoms with Crippen LogP contribution >= 0.6 is 0 Å². The molecular weight excluding hydrogens is 254 g/mol. The highest BCUT2D eigenvalue weighted by Gasteiger charge is 2.16. The summed E-state index contributed by atoms with van der Waals surface area (Å²) in [5.41, 5.74) is 12.6. The number of nitrogens with two attached hydrogens (primary N) is 2. The number of nitrogen functional groups attached to an aromatic ring is 1. The number of amides is 1. The molecule has 0 aliphatic heterocycles. The first-order valence-corrected chi connectivity index (χ1v) is 6.87. The predicted molar refractivity (Wildman–Crippen MR) is 80.1 cm³/mol. The fraction of sp³-hybridized carbons (Fsp3) is 0.467. The molecule has 1 aromatic rings. The molecule has 1 atom stereocenters. The average molecular weight is 277 g/mol. The Balaban J connectivity index is 2.48. The molecule has 110 valence electrons. The zero-order valence-electron chi connectivity index (χ0n) is 11.9. The topological polar surface area (TPSA) is 98.2 Å². The summed E-state index contributed by atoms with van der Waals surface area (Å²) in [7, 11) is 0. The van der Waals surface area contributed by atoms with Gasteiger partial charge in [-0.1, -0.05) is 12.1 Å². The Kier molecular flexibility index (Phi) is 6.73. The van der Waals surface area contributed by atoms with E-state index in [1.165, 1.54) is 6.92 Å². The number of carbonyl (C=O) groups excluding carboxylic acids is 2. The van der Waals surface area contributed by atoms with Crippen molar-refractivity contribution < 1.29 is 9.59 Å². The number of anilines is 1. The summed E-state index contributed by atoms with van der Waals surface area (Å²) in [5, 5.41) is 2.78. The van der Waals surface area contributed by atoms with Crippen LogP contribution in [0.4, 0.5) is 5.69 Å². The van der Waals surface area contributed by atoms with E-state index in [4.69, 9.17) is 11.5 Å². The molecule has 0 bridgehead atoms. The number of carbonyl (C=O) groups is 2. The molecule has 0 aromatic heterocycles. The van der Waals surface area contributed by atoms with Crippen molar-refractivity contribution in [1.82, 2.24) is 5.32 Å². The quantitative estimate of drug-likeness (QED) is 0.488. The second-order valence-electron chi connectivity index (χ2n) is 4.93. The van der Waals surface area contributed by atoms with E-state index in [1.54, 1.807) is 12.1 Å². The van der Waals surface area contributed by atoms with Crippen LogP contribution in [0, 0.1) is 0 Å². The zero-order chi connectivity index (χ0) is 15.0. The number of unbranched alkanes of at least 4 members (excludes halogenated alkanes) is 1. The molecule has 0 saturated carbocycles. The lowest BCUT2D eigenvalue weighted by atomic mass is 10.1. The average Bonchev–Trinajstić information content (AvgIpc) is 2.40. The fourth-order valence-corrected chi connectivity index (χ4v) is 1.94. The third kappa shape index (κ3) is 5.84. The van der Waals surface area contributed by atoms with Gasteiger partial charge in [-0.05, 0) is 50.4 Å². The summed E-state index contributed by atoms with van der Waals surface area (Å²) < 4.78 is 0. The van der Waals surface area contributed by atoms with Gasteiger partial charge in [-0.25, -0.2) is 0 Å². The number of nitrogens with one attached hydrogen (secondary N) is 1. The van der Waals surface area contributed by atoms with Gasteiger partial charge < -0.3 is 16.8 Å². The first-order valence-electron chi connectivity index (χ1n) is 6.87. The molecule has 0 heterocycles. The van der Waals surface area contributed by atoms with Crippen LogP contribution in [0.3, 0.4) is 0 Å². The molecule has 0 aliphatic carbocycles. The van der Waals surface area contributed by atoms with Crippen LogP contribution in [-0.2, 0) is 16.0 Å². The molecule has 0 saturated heterocycles. The first kappa shape index (κ1) is 16.2. The Labute approximate surface area is 119 Å². The number of benzene rings is 1. The van der Waals surface area contributed by atoms with Crippen LogP contribution in [0.5, 0.6) is 0 Å². The van der Waals surface area contributed by atoms with Crippen molar-refractivity contribution in [2.75, 3.05) is 12.3 Å². The molecule has 5 nitrogen and oxygen atoms in total. The van der Waals surface area contributed by atoms with Gasteiger partial charge in [0.2, 0.25) is 5.91 Å². The maximum Gasteiger partial charge on any atom is 0.224 e. The smallest absolute Gasteiger partial charge is 0.224 e. The summed E-state index contributed by atoms with van der Waals surface area (Å²) in [5.74, 6) is -0.171. The van der Waals surface area contributed by atoms with Crippen molar-refractivity contribution in [1.29, 1.82) is 0 Å². The molecule has 1 rings (SSSR count). The lowest BCUT2D eigenvalue weighted by Crippen LogP contribution is -2.40. The lowest BCUT2D eigenvalue weighted by Gasteiger charge is -2.15. The van der Waals surface area contributed by atoms with Crippen LogP contribution < -0.4 is 16.8 Å². The van der Waals surface area contributed by atoms with Crippen molar-refractivity contribution in [2.45, 2.75) is 38.6 Å². The van der Waals surface area contributed by atoms with Gasteiger partial charge in [0.05, 0.1) is 12.5 Å². The Morgan fingerprint density at radius 1 is 1.20 bits per heavy atom. The Hall–Kier alpha value is -1.88. The van der Waals surface area contributed by atoms with Gasteiger partial charge in [0.1, 0.15) is 0 Å². The molecule has 20 heavy (non-hydrogen) atoms. The SMILES string of the molecule is CC(=O)C(CCCCN)NC(=O)Cc1ccc(N)cc1. The highest BCUT2D eigenvalue weighted by molar-refractivity contribution is 5.88. The lowest BCUT2D eigenvalue weighted by molar-refractivity contribution is -0.126. The maximum absolute atomic E-state index is 11.9.